The van der Waals surface area contributed by atoms with Crippen molar-refractivity contribution in [2.75, 3.05) is 26.2 Å². The minimum Gasteiger partial charge on any atom is -0.295 e. The van der Waals surface area contributed by atoms with E-state index in [1.165, 1.54) is 13.8 Å². The Labute approximate surface area is 177 Å². The number of nitrogens with zero attached hydrogens (tertiary/aromatic N) is 6. The van der Waals surface area contributed by atoms with E-state index < -0.39 is 0 Å². The molecule has 0 aliphatic heterocycles. The average molecular weight is 409 g/mol. The monoisotopic (exact) mass is 408 g/mol. The second-order valence-corrected chi connectivity index (χ2v) is 6.68. The van der Waals surface area contributed by atoms with E-state index in [9.17, 15) is 9.59 Å². The Kier molecular flexibility index (Phi) is 8.80. The molecule has 0 heterocycles. The fourth-order valence-electron chi connectivity index (χ4n) is 2.52. The summed E-state index contributed by atoms with van der Waals surface area (Å²) in [5.74, 6) is 0.0505. The zero-order valence-electron chi connectivity index (χ0n) is 17.9. The number of hydrogen-bond donors (Lipinski definition) is 0. The molecule has 0 amide bonds. The summed E-state index contributed by atoms with van der Waals surface area (Å²) in [5, 5.41) is 20.7. The largest absolute Gasteiger partial charge is 0.295 e. The van der Waals surface area contributed by atoms with Crippen molar-refractivity contribution < 1.29 is 9.59 Å². The highest BCUT2D eigenvalue weighted by molar-refractivity contribution is 5.94. The van der Waals surface area contributed by atoms with Crippen LogP contribution in [0.3, 0.4) is 0 Å². The molecule has 30 heavy (non-hydrogen) atoms. The van der Waals surface area contributed by atoms with Crippen molar-refractivity contribution in [2.45, 2.75) is 27.7 Å². The Balaban J connectivity index is 1.91. The summed E-state index contributed by atoms with van der Waals surface area (Å²) in [6.07, 6.45) is 0. The van der Waals surface area contributed by atoms with E-state index in [2.05, 4.69) is 20.7 Å². The van der Waals surface area contributed by atoms with Crippen molar-refractivity contribution in [3.8, 4) is 0 Å². The predicted octanol–water partition coefficient (Wildman–Crippen LogP) is 5.43. The lowest BCUT2D eigenvalue weighted by molar-refractivity contribution is 0.100. The molecule has 8 heteroatoms. The van der Waals surface area contributed by atoms with Gasteiger partial charge in [-0.25, -0.2) is 0 Å². The van der Waals surface area contributed by atoms with Crippen molar-refractivity contribution in [1.29, 1.82) is 0 Å². The molecule has 0 fully saturated rings. The number of benzene rings is 2. The molecule has 0 aliphatic carbocycles. The summed E-state index contributed by atoms with van der Waals surface area (Å²) < 4.78 is 0. The first-order valence-corrected chi connectivity index (χ1v) is 9.98. The molecule has 2 aromatic rings. The molecule has 0 saturated carbocycles. The van der Waals surface area contributed by atoms with Crippen LogP contribution in [0.15, 0.2) is 69.2 Å². The van der Waals surface area contributed by atoms with Gasteiger partial charge in [-0.1, -0.05) is 10.4 Å². The molecule has 0 bridgehead atoms. The molecular weight excluding hydrogens is 380 g/mol. The summed E-state index contributed by atoms with van der Waals surface area (Å²) in [7, 11) is 0. The lowest BCUT2D eigenvalue weighted by Gasteiger charge is -2.20. The maximum absolute atomic E-state index is 11.3. The molecule has 0 atom stereocenters. The van der Waals surface area contributed by atoms with Gasteiger partial charge in [-0.05, 0) is 76.2 Å². The first-order valence-electron chi connectivity index (χ1n) is 9.98. The molecule has 2 aromatic carbocycles. The van der Waals surface area contributed by atoms with E-state index in [4.69, 9.17) is 0 Å². The lowest BCUT2D eigenvalue weighted by atomic mass is 10.1. The number of Topliss-reactive ketones (excluding diaryl/α,β-unsaturated/α-hetero) is 2. The standard InChI is InChI=1S/C22H28N6O2/c1-5-27(25-23-21-11-7-19(8-12-21)17(3)29)15-16-28(6-2)26-24-22-13-9-20(10-14-22)18(4)30/h7-14H,5-6,15-16H2,1-4H3. The third kappa shape index (κ3) is 7.20. The van der Waals surface area contributed by atoms with Gasteiger partial charge in [-0.15, -0.1) is 10.2 Å². The molecule has 0 spiro atoms. The second kappa shape index (κ2) is 11.5. The number of rotatable bonds is 11. The van der Waals surface area contributed by atoms with Gasteiger partial charge < -0.3 is 0 Å². The highest BCUT2D eigenvalue weighted by atomic mass is 16.1. The Hall–Kier alpha value is -3.42. The Bertz CT molecular complexity index is 815. The third-order valence-electron chi connectivity index (χ3n) is 4.47. The van der Waals surface area contributed by atoms with Crippen molar-refractivity contribution in [3.05, 3.63) is 59.7 Å². The number of hydrogen-bond acceptors (Lipinski definition) is 6. The summed E-state index contributed by atoms with van der Waals surface area (Å²) in [6.45, 7) is 9.77. The van der Waals surface area contributed by atoms with Crippen LogP contribution in [0.4, 0.5) is 11.4 Å². The molecule has 158 valence electrons. The topological polar surface area (TPSA) is 90.1 Å². The molecule has 0 aromatic heterocycles. The number of ketones is 2. The highest BCUT2D eigenvalue weighted by Gasteiger charge is 2.05. The lowest BCUT2D eigenvalue weighted by Crippen LogP contribution is -2.29. The quantitative estimate of drug-likeness (QED) is 0.281. The van der Waals surface area contributed by atoms with Gasteiger partial charge in [-0.3, -0.25) is 19.6 Å². The van der Waals surface area contributed by atoms with Crippen LogP contribution in [-0.4, -0.2) is 47.8 Å². The molecule has 0 radical (unpaired) electrons. The zero-order valence-corrected chi connectivity index (χ0v) is 17.9. The fraction of sp³-hybridized carbons (Fsp3) is 0.364. The molecule has 0 N–H and O–H groups in total. The zero-order chi connectivity index (χ0) is 21.9. The Morgan fingerprint density at radius 3 is 1.27 bits per heavy atom. The van der Waals surface area contributed by atoms with Gasteiger partial charge in [0.05, 0.1) is 24.5 Å². The van der Waals surface area contributed by atoms with Crippen LogP contribution < -0.4 is 0 Å². The second-order valence-electron chi connectivity index (χ2n) is 6.68. The molecular formula is C22H28N6O2. The fourth-order valence-corrected chi connectivity index (χ4v) is 2.52. The van der Waals surface area contributed by atoms with E-state index in [1.807, 2.05) is 23.9 Å². The summed E-state index contributed by atoms with van der Waals surface area (Å²) in [5.41, 5.74) is 2.70. The van der Waals surface area contributed by atoms with E-state index >= 15 is 0 Å². The van der Waals surface area contributed by atoms with E-state index in [-0.39, 0.29) is 11.6 Å². The van der Waals surface area contributed by atoms with Crippen LogP contribution >= 0.6 is 0 Å². The number of likely N-dealkylation sites (N-methyl/N-ethyl adjacent to an activating group) is 2. The van der Waals surface area contributed by atoms with Crippen LogP contribution in [0.25, 0.3) is 0 Å². The first kappa shape index (κ1) is 22.9. The first-order chi connectivity index (χ1) is 14.4. The minimum atomic E-state index is 0.0253. The van der Waals surface area contributed by atoms with E-state index in [0.717, 1.165) is 0 Å². The van der Waals surface area contributed by atoms with Gasteiger partial charge in [-0.2, -0.15) is 0 Å². The van der Waals surface area contributed by atoms with Crippen LogP contribution in [0.1, 0.15) is 48.4 Å². The normalized spacial score (nSPS) is 11.2. The SMILES string of the molecule is CCN(CCN(CC)N=Nc1ccc(C(C)=O)cc1)N=Nc1ccc(C(C)=O)cc1. The van der Waals surface area contributed by atoms with E-state index in [1.54, 1.807) is 48.5 Å². The predicted molar refractivity (Wildman–Crippen MR) is 116 cm³/mol. The van der Waals surface area contributed by atoms with Gasteiger partial charge >= 0.3 is 0 Å². The summed E-state index contributed by atoms with van der Waals surface area (Å²) >= 11 is 0. The third-order valence-corrected chi connectivity index (χ3v) is 4.47. The maximum Gasteiger partial charge on any atom is 0.159 e. The number of carbonyl (C=O) groups is 2. The van der Waals surface area contributed by atoms with Gasteiger partial charge in [0.15, 0.2) is 11.6 Å². The smallest absolute Gasteiger partial charge is 0.159 e. The van der Waals surface area contributed by atoms with Gasteiger partial charge in [0.25, 0.3) is 0 Å². The Morgan fingerprint density at radius 2 is 1.00 bits per heavy atom. The van der Waals surface area contributed by atoms with Gasteiger partial charge in [0.1, 0.15) is 0 Å². The van der Waals surface area contributed by atoms with Crippen molar-refractivity contribution in [1.82, 2.24) is 10.0 Å². The highest BCUT2D eigenvalue weighted by Crippen LogP contribution is 2.16. The van der Waals surface area contributed by atoms with Gasteiger partial charge in [0, 0.05) is 24.2 Å². The van der Waals surface area contributed by atoms with Crippen LogP contribution in [0, 0.1) is 0 Å². The molecule has 2 rings (SSSR count). The Morgan fingerprint density at radius 1 is 0.667 bits per heavy atom. The molecule has 0 aliphatic rings. The summed E-state index contributed by atoms with van der Waals surface area (Å²) in [4.78, 5) is 22.7. The van der Waals surface area contributed by atoms with E-state index in [0.29, 0.717) is 48.7 Å². The maximum atomic E-state index is 11.3. The average Bonchev–Trinajstić information content (AvgIpc) is 2.76. The molecule has 0 unspecified atom stereocenters. The van der Waals surface area contributed by atoms with Crippen molar-refractivity contribution >= 4 is 22.9 Å². The number of carbonyl (C=O) groups excluding carboxylic acids is 2. The van der Waals surface area contributed by atoms with Crippen LogP contribution in [-0.2, 0) is 0 Å². The summed E-state index contributed by atoms with van der Waals surface area (Å²) in [6, 6.07) is 14.1. The van der Waals surface area contributed by atoms with Crippen molar-refractivity contribution in [2.24, 2.45) is 20.7 Å². The molecule has 0 saturated heterocycles. The van der Waals surface area contributed by atoms with Crippen LogP contribution in [0.5, 0.6) is 0 Å². The van der Waals surface area contributed by atoms with Crippen LogP contribution in [0.2, 0.25) is 0 Å². The van der Waals surface area contributed by atoms with Gasteiger partial charge in [0.2, 0.25) is 0 Å². The molecule has 8 nitrogen and oxygen atoms in total. The van der Waals surface area contributed by atoms with Crippen molar-refractivity contribution in [3.63, 3.8) is 0 Å². The minimum absolute atomic E-state index is 0.0253.